The van der Waals surface area contributed by atoms with Gasteiger partial charge in [-0.25, -0.2) is 14.4 Å². The maximum absolute atomic E-state index is 13.3. The smallest absolute Gasteiger partial charge is 0.355 e. The van der Waals surface area contributed by atoms with Crippen molar-refractivity contribution < 1.29 is 29.0 Å². The van der Waals surface area contributed by atoms with E-state index in [0.29, 0.717) is 24.5 Å². The van der Waals surface area contributed by atoms with Crippen LogP contribution in [0.2, 0.25) is 0 Å². The Morgan fingerprint density at radius 3 is 2.17 bits per heavy atom. The molecule has 0 spiro atoms. The van der Waals surface area contributed by atoms with Crippen molar-refractivity contribution in [3.8, 4) is 0 Å². The number of hydrogen-bond donors (Lipinski definition) is 1. The van der Waals surface area contributed by atoms with Gasteiger partial charge in [0, 0.05) is 23.6 Å². The highest BCUT2D eigenvalue weighted by atomic mass is 16.6. The molecule has 0 radical (unpaired) electrons. The monoisotopic (exact) mass is 418 g/mol. The number of benzene rings is 1. The molecule has 0 amide bonds. The zero-order chi connectivity index (χ0) is 22.4. The number of carboxylic acid groups (broad SMARTS) is 1. The number of ether oxygens (including phenoxy) is 2. The zero-order valence-electron chi connectivity index (χ0n) is 18.3. The number of carbonyl (C=O) groups excluding carboxylic acids is 2. The Kier molecular flexibility index (Phi) is 11.5. The number of esters is 2. The van der Waals surface area contributed by atoms with E-state index in [4.69, 9.17) is 14.6 Å². The lowest BCUT2D eigenvalue weighted by Gasteiger charge is -2.37. The Bertz CT molecular complexity index is 693. The van der Waals surface area contributed by atoms with E-state index in [0.717, 1.165) is 38.2 Å². The van der Waals surface area contributed by atoms with Gasteiger partial charge in [-0.2, -0.15) is 0 Å². The fraction of sp³-hybridized carbons (Fsp3) is 0.542. The van der Waals surface area contributed by atoms with E-state index in [1.54, 1.807) is 24.3 Å². The van der Waals surface area contributed by atoms with Crippen LogP contribution < -0.4 is 0 Å². The Morgan fingerprint density at radius 2 is 1.60 bits per heavy atom. The molecule has 0 aliphatic rings. The van der Waals surface area contributed by atoms with E-state index >= 15 is 0 Å². The SMILES string of the molecule is CCCCCCCOC(=O)C(OC(=O)/C=C\C(=O)O)(c1ccccc1)C(CC)CC. The molecule has 1 aromatic carbocycles. The second-order valence-electron chi connectivity index (χ2n) is 7.26. The van der Waals surface area contributed by atoms with Gasteiger partial charge in [0.2, 0.25) is 5.60 Å². The van der Waals surface area contributed by atoms with E-state index in [9.17, 15) is 14.4 Å². The molecule has 0 aliphatic heterocycles. The van der Waals surface area contributed by atoms with Crippen LogP contribution in [0.25, 0.3) is 0 Å². The van der Waals surface area contributed by atoms with Gasteiger partial charge in [0.15, 0.2) is 0 Å². The van der Waals surface area contributed by atoms with Gasteiger partial charge < -0.3 is 14.6 Å². The third-order valence-electron chi connectivity index (χ3n) is 5.17. The summed E-state index contributed by atoms with van der Waals surface area (Å²) in [6, 6.07) is 8.81. The lowest BCUT2D eigenvalue weighted by Crippen LogP contribution is -2.48. The Morgan fingerprint density at radius 1 is 0.967 bits per heavy atom. The molecule has 1 N–H and O–H groups in total. The molecule has 0 aromatic heterocycles. The molecule has 1 atom stereocenters. The second kappa shape index (κ2) is 13.6. The molecule has 0 heterocycles. The third-order valence-corrected chi connectivity index (χ3v) is 5.17. The van der Waals surface area contributed by atoms with Gasteiger partial charge in [-0.05, 0) is 19.3 Å². The number of hydrogen-bond acceptors (Lipinski definition) is 5. The number of aliphatic carboxylic acids is 1. The molecule has 1 aromatic rings. The zero-order valence-corrected chi connectivity index (χ0v) is 18.3. The predicted molar refractivity (Wildman–Crippen MR) is 115 cm³/mol. The summed E-state index contributed by atoms with van der Waals surface area (Å²) in [7, 11) is 0. The molecule has 6 nitrogen and oxygen atoms in total. The first kappa shape index (κ1) is 25.4. The first-order valence-electron chi connectivity index (χ1n) is 10.8. The maximum Gasteiger partial charge on any atom is 0.355 e. The standard InChI is InChI=1S/C24H34O6/c1-4-7-8-9-13-18-29-23(28)24(19(5-2)6-3,20-14-11-10-12-15-20)30-22(27)17-16-21(25)26/h10-12,14-17,19H,4-9,13,18H2,1-3H3,(H,25,26)/b17-16-. The van der Waals surface area contributed by atoms with Crippen LogP contribution in [0.1, 0.15) is 71.3 Å². The maximum atomic E-state index is 13.3. The molecule has 0 fully saturated rings. The summed E-state index contributed by atoms with van der Waals surface area (Å²) in [4.78, 5) is 36.6. The van der Waals surface area contributed by atoms with Gasteiger partial charge >= 0.3 is 17.9 Å². The fourth-order valence-electron chi connectivity index (χ4n) is 3.56. The highest BCUT2D eigenvalue weighted by Gasteiger charge is 2.50. The van der Waals surface area contributed by atoms with Crippen LogP contribution >= 0.6 is 0 Å². The molecule has 0 bridgehead atoms. The molecule has 0 saturated heterocycles. The Labute approximate surface area is 179 Å². The summed E-state index contributed by atoms with van der Waals surface area (Å²) in [6.45, 7) is 6.23. The lowest BCUT2D eigenvalue weighted by atomic mass is 9.77. The van der Waals surface area contributed by atoms with Crippen LogP contribution in [-0.2, 0) is 29.5 Å². The number of carbonyl (C=O) groups is 3. The fourth-order valence-corrected chi connectivity index (χ4v) is 3.56. The molecule has 1 rings (SSSR count). The normalized spacial score (nSPS) is 13.2. The Hall–Kier alpha value is -2.63. The Balaban J connectivity index is 3.20. The van der Waals surface area contributed by atoms with E-state index in [2.05, 4.69) is 6.92 Å². The summed E-state index contributed by atoms with van der Waals surface area (Å²) < 4.78 is 11.3. The van der Waals surface area contributed by atoms with Gasteiger partial charge in [0.1, 0.15) is 0 Å². The van der Waals surface area contributed by atoms with E-state index in [1.165, 1.54) is 0 Å². The van der Waals surface area contributed by atoms with Crippen molar-refractivity contribution >= 4 is 17.9 Å². The molecule has 6 heteroatoms. The van der Waals surface area contributed by atoms with Gasteiger partial charge in [0.25, 0.3) is 0 Å². The minimum absolute atomic E-state index is 0.250. The van der Waals surface area contributed by atoms with E-state index in [1.807, 2.05) is 19.9 Å². The summed E-state index contributed by atoms with van der Waals surface area (Å²) in [5.74, 6) is -3.10. The highest BCUT2D eigenvalue weighted by Crippen LogP contribution is 2.39. The van der Waals surface area contributed by atoms with Crippen molar-refractivity contribution in [2.45, 2.75) is 71.3 Å². The van der Waals surface area contributed by atoms with Crippen molar-refractivity contribution in [1.82, 2.24) is 0 Å². The molecule has 30 heavy (non-hydrogen) atoms. The largest absolute Gasteiger partial charge is 0.478 e. The van der Waals surface area contributed by atoms with Gasteiger partial charge in [-0.3, -0.25) is 0 Å². The molecular formula is C24H34O6. The first-order valence-corrected chi connectivity index (χ1v) is 10.8. The van der Waals surface area contributed by atoms with Crippen molar-refractivity contribution in [3.63, 3.8) is 0 Å². The summed E-state index contributed by atoms with van der Waals surface area (Å²) >= 11 is 0. The molecule has 166 valence electrons. The number of unbranched alkanes of at least 4 members (excludes halogenated alkanes) is 4. The van der Waals surface area contributed by atoms with Crippen LogP contribution in [0.15, 0.2) is 42.5 Å². The van der Waals surface area contributed by atoms with Gasteiger partial charge in [-0.15, -0.1) is 0 Å². The van der Waals surface area contributed by atoms with Crippen LogP contribution in [0.3, 0.4) is 0 Å². The summed E-state index contributed by atoms with van der Waals surface area (Å²) in [5, 5.41) is 8.81. The molecular weight excluding hydrogens is 384 g/mol. The average molecular weight is 419 g/mol. The topological polar surface area (TPSA) is 89.9 Å². The lowest BCUT2D eigenvalue weighted by molar-refractivity contribution is -0.190. The van der Waals surface area contributed by atoms with Crippen LogP contribution in [-0.4, -0.2) is 29.6 Å². The van der Waals surface area contributed by atoms with Gasteiger partial charge in [-0.1, -0.05) is 76.8 Å². The van der Waals surface area contributed by atoms with Crippen LogP contribution in [0.5, 0.6) is 0 Å². The molecule has 1 unspecified atom stereocenters. The molecule has 0 aliphatic carbocycles. The van der Waals surface area contributed by atoms with Crippen molar-refractivity contribution in [2.24, 2.45) is 5.92 Å². The summed E-state index contributed by atoms with van der Waals surface area (Å²) in [6.07, 6.45) is 7.73. The number of rotatable bonds is 14. The van der Waals surface area contributed by atoms with E-state index < -0.39 is 23.5 Å². The van der Waals surface area contributed by atoms with Crippen LogP contribution in [0.4, 0.5) is 0 Å². The van der Waals surface area contributed by atoms with E-state index in [-0.39, 0.29) is 12.5 Å². The molecule has 0 saturated carbocycles. The third kappa shape index (κ3) is 7.32. The van der Waals surface area contributed by atoms with Crippen molar-refractivity contribution in [2.75, 3.05) is 6.61 Å². The van der Waals surface area contributed by atoms with Crippen molar-refractivity contribution in [3.05, 3.63) is 48.0 Å². The first-order chi connectivity index (χ1) is 14.4. The minimum atomic E-state index is -1.63. The number of carboxylic acids is 1. The summed E-state index contributed by atoms with van der Waals surface area (Å²) in [5.41, 5.74) is -1.11. The minimum Gasteiger partial charge on any atom is -0.478 e. The van der Waals surface area contributed by atoms with Crippen LogP contribution in [0, 0.1) is 5.92 Å². The second-order valence-corrected chi connectivity index (χ2v) is 7.26. The highest BCUT2D eigenvalue weighted by molar-refractivity contribution is 5.93. The van der Waals surface area contributed by atoms with Gasteiger partial charge in [0.05, 0.1) is 6.61 Å². The predicted octanol–water partition coefficient (Wildman–Crippen LogP) is 5.02. The average Bonchev–Trinajstić information content (AvgIpc) is 2.75. The van der Waals surface area contributed by atoms with Crippen molar-refractivity contribution in [1.29, 1.82) is 0 Å². The quantitative estimate of drug-likeness (QED) is 0.259.